The Hall–Kier alpha value is -3.44. The van der Waals surface area contributed by atoms with Gasteiger partial charge in [-0.3, -0.25) is 14.5 Å². The standard InChI is InChI=1S/C26H26N2O3/c29-25(27-23-13-7-8-14-24(23)31-22-11-5-2-6-12-22)19-28-17-15-21(16-18-28)26(30)20-9-3-1-4-10-20/h1-14,21H,15-19H2,(H,27,29). The first-order valence-corrected chi connectivity index (χ1v) is 10.6. The second-order valence-electron chi connectivity index (χ2n) is 7.74. The lowest BCUT2D eigenvalue weighted by Gasteiger charge is -2.30. The van der Waals surface area contributed by atoms with Crippen LogP contribution in [-0.4, -0.2) is 36.2 Å². The molecule has 3 aromatic carbocycles. The van der Waals surface area contributed by atoms with Gasteiger partial charge in [0.05, 0.1) is 12.2 Å². The van der Waals surface area contributed by atoms with Crippen molar-refractivity contribution in [1.29, 1.82) is 0 Å². The van der Waals surface area contributed by atoms with E-state index in [-0.39, 0.29) is 17.6 Å². The van der Waals surface area contributed by atoms with E-state index in [1.54, 1.807) is 0 Å². The molecule has 5 nitrogen and oxygen atoms in total. The first-order valence-electron chi connectivity index (χ1n) is 10.6. The monoisotopic (exact) mass is 414 g/mol. The van der Waals surface area contributed by atoms with E-state index in [1.807, 2.05) is 84.9 Å². The second kappa shape index (κ2) is 10.0. The number of Topliss-reactive ketones (excluding diaryl/α,β-unsaturated/α-hetero) is 1. The number of rotatable bonds is 7. The van der Waals surface area contributed by atoms with Crippen molar-refractivity contribution in [3.05, 3.63) is 90.5 Å². The van der Waals surface area contributed by atoms with Crippen LogP contribution in [0.15, 0.2) is 84.9 Å². The molecule has 0 atom stereocenters. The van der Waals surface area contributed by atoms with Crippen LogP contribution in [-0.2, 0) is 4.79 Å². The third-order valence-corrected chi connectivity index (χ3v) is 5.52. The summed E-state index contributed by atoms with van der Waals surface area (Å²) < 4.78 is 5.92. The van der Waals surface area contributed by atoms with E-state index in [2.05, 4.69) is 10.2 Å². The Labute approximate surface area is 182 Å². The fourth-order valence-electron chi connectivity index (χ4n) is 3.86. The molecule has 1 N–H and O–H groups in total. The number of piperidine rings is 1. The summed E-state index contributed by atoms with van der Waals surface area (Å²) in [6, 6.07) is 26.4. The molecule has 0 spiro atoms. The molecule has 0 radical (unpaired) electrons. The minimum absolute atomic E-state index is 0.0294. The number of hydrogen-bond donors (Lipinski definition) is 1. The normalized spacial score (nSPS) is 14.7. The van der Waals surface area contributed by atoms with Gasteiger partial charge in [-0.2, -0.15) is 0 Å². The van der Waals surface area contributed by atoms with Gasteiger partial charge in [0.1, 0.15) is 5.75 Å². The van der Waals surface area contributed by atoms with Crippen LogP contribution >= 0.6 is 0 Å². The molecule has 1 fully saturated rings. The minimum Gasteiger partial charge on any atom is -0.455 e. The summed E-state index contributed by atoms with van der Waals surface area (Å²) >= 11 is 0. The first-order chi connectivity index (χ1) is 15.2. The fraction of sp³-hybridized carbons (Fsp3) is 0.231. The molecule has 0 aliphatic carbocycles. The zero-order valence-electron chi connectivity index (χ0n) is 17.4. The second-order valence-corrected chi connectivity index (χ2v) is 7.74. The number of ether oxygens (including phenoxy) is 1. The molecule has 1 saturated heterocycles. The largest absolute Gasteiger partial charge is 0.455 e. The highest BCUT2D eigenvalue weighted by Gasteiger charge is 2.26. The quantitative estimate of drug-likeness (QED) is 0.552. The van der Waals surface area contributed by atoms with Gasteiger partial charge < -0.3 is 10.1 Å². The van der Waals surface area contributed by atoms with Crippen LogP contribution in [0.5, 0.6) is 11.5 Å². The lowest BCUT2D eigenvalue weighted by molar-refractivity contribution is -0.117. The molecular formula is C26H26N2O3. The minimum atomic E-state index is -0.0862. The number of ketones is 1. The number of likely N-dealkylation sites (tertiary alicyclic amines) is 1. The summed E-state index contributed by atoms with van der Waals surface area (Å²) in [4.78, 5) is 27.4. The van der Waals surface area contributed by atoms with Crippen molar-refractivity contribution in [2.75, 3.05) is 25.0 Å². The van der Waals surface area contributed by atoms with Crippen LogP contribution in [0.4, 0.5) is 5.69 Å². The molecule has 5 heteroatoms. The summed E-state index contributed by atoms with van der Waals surface area (Å²) in [5, 5.41) is 2.97. The lowest BCUT2D eigenvalue weighted by atomic mass is 9.89. The van der Waals surface area contributed by atoms with Crippen molar-refractivity contribution in [1.82, 2.24) is 4.90 Å². The number of para-hydroxylation sites is 3. The van der Waals surface area contributed by atoms with Crippen LogP contribution in [0.3, 0.4) is 0 Å². The Morgan fingerprint density at radius 2 is 1.45 bits per heavy atom. The van der Waals surface area contributed by atoms with E-state index < -0.39 is 0 Å². The Bertz CT molecular complexity index is 1010. The van der Waals surface area contributed by atoms with Crippen LogP contribution in [0.25, 0.3) is 0 Å². The average molecular weight is 415 g/mol. The van der Waals surface area contributed by atoms with E-state index in [0.717, 1.165) is 31.5 Å². The topological polar surface area (TPSA) is 58.6 Å². The average Bonchev–Trinajstić information content (AvgIpc) is 2.82. The molecule has 0 aromatic heterocycles. The number of nitrogens with one attached hydrogen (secondary N) is 1. The molecule has 1 aliphatic rings. The third-order valence-electron chi connectivity index (χ3n) is 5.52. The Kier molecular flexibility index (Phi) is 6.75. The van der Waals surface area contributed by atoms with Crippen LogP contribution in [0.2, 0.25) is 0 Å². The summed E-state index contributed by atoms with van der Waals surface area (Å²) in [6.45, 7) is 1.77. The SMILES string of the molecule is O=C(CN1CCC(C(=O)c2ccccc2)CC1)Nc1ccccc1Oc1ccccc1. The molecule has 1 heterocycles. The summed E-state index contributed by atoms with van der Waals surface area (Å²) in [7, 11) is 0. The van der Waals surface area contributed by atoms with Gasteiger partial charge >= 0.3 is 0 Å². The highest BCUT2D eigenvalue weighted by molar-refractivity contribution is 5.98. The summed E-state index contributed by atoms with van der Waals surface area (Å²) in [5.74, 6) is 1.47. The molecule has 158 valence electrons. The maximum absolute atomic E-state index is 12.6. The van der Waals surface area contributed by atoms with Crippen molar-refractivity contribution in [3.63, 3.8) is 0 Å². The number of hydrogen-bond acceptors (Lipinski definition) is 4. The maximum Gasteiger partial charge on any atom is 0.238 e. The predicted octanol–water partition coefficient (Wildman–Crippen LogP) is 5.01. The van der Waals surface area contributed by atoms with Gasteiger partial charge in [0.25, 0.3) is 0 Å². The number of carbonyl (C=O) groups excluding carboxylic acids is 2. The Morgan fingerprint density at radius 1 is 0.839 bits per heavy atom. The molecule has 4 rings (SSSR count). The predicted molar refractivity (Wildman–Crippen MR) is 122 cm³/mol. The van der Waals surface area contributed by atoms with Crippen molar-refractivity contribution in [2.24, 2.45) is 5.92 Å². The van der Waals surface area contributed by atoms with Gasteiger partial charge in [-0.05, 0) is 50.2 Å². The number of nitrogens with zero attached hydrogens (tertiary/aromatic N) is 1. The number of carbonyl (C=O) groups is 2. The zero-order chi connectivity index (χ0) is 21.5. The van der Waals surface area contributed by atoms with Crippen molar-refractivity contribution in [3.8, 4) is 11.5 Å². The zero-order valence-corrected chi connectivity index (χ0v) is 17.4. The molecular weight excluding hydrogens is 388 g/mol. The molecule has 3 aromatic rings. The van der Waals surface area contributed by atoms with Gasteiger partial charge in [0.15, 0.2) is 11.5 Å². The highest BCUT2D eigenvalue weighted by atomic mass is 16.5. The van der Waals surface area contributed by atoms with E-state index in [4.69, 9.17) is 4.74 Å². The van der Waals surface area contributed by atoms with Crippen molar-refractivity contribution in [2.45, 2.75) is 12.8 Å². The van der Waals surface area contributed by atoms with Gasteiger partial charge in [-0.1, -0.05) is 60.7 Å². The summed E-state index contributed by atoms with van der Waals surface area (Å²) in [5.41, 5.74) is 1.42. The molecule has 0 unspecified atom stereocenters. The molecule has 1 amide bonds. The van der Waals surface area contributed by atoms with E-state index in [9.17, 15) is 9.59 Å². The number of benzene rings is 3. The summed E-state index contributed by atoms with van der Waals surface area (Å²) in [6.07, 6.45) is 1.55. The number of amides is 1. The van der Waals surface area contributed by atoms with Gasteiger partial charge in [0, 0.05) is 11.5 Å². The van der Waals surface area contributed by atoms with Gasteiger partial charge in [-0.15, -0.1) is 0 Å². The van der Waals surface area contributed by atoms with E-state index in [0.29, 0.717) is 23.7 Å². The van der Waals surface area contributed by atoms with E-state index >= 15 is 0 Å². The van der Waals surface area contributed by atoms with Gasteiger partial charge in [0.2, 0.25) is 5.91 Å². The molecule has 31 heavy (non-hydrogen) atoms. The van der Waals surface area contributed by atoms with Gasteiger partial charge in [-0.25, -0.2) is 0 Å². The van der Waals surface area contributed by atoms with Crippen molar-refractivity contribution < 1.29 is 14.3 Å². The molecule has 0 bridgehead atoms. The molecule has 0 saturated carbocycles. The molecule has 1 aliphatic heterocycles. The lowest BCUT2D eigenvalue weighted by Crippen LogP contribution is -2.40. The highest BCUT2D eigenvalue weighted by Crippen LogP contribution is 2.29. The first kappa shape index (κ1) is 20.8. The van der Waals surface area contributed by atoms with Crippen molar-refractivity contribution >= 4 is 17.4 Å². The van der Waals surface area contributed by atoms with E-state index in [1.165, 1.54) is 0 Å². The third kappa shape index (κ3) is 5.58. The van der Waals surface area contributed by atoms with Crippen LogP contribution in [0, 0.1) is 5.92 Å². The Morgan fingerprint density at radius 3 is 2.16 bits per heavy atom. The van der Waals surface area contributed by atoms with Crippen LogP contribution in [0.1, 0.15) is 23.2 Å². The number of anilines is 1. The maximum atomic E-state index is 12.6. The van der Waals surface area contributed by atoms with Crippen LogP contribution < -0.4 is 10.1 Å². The Balaban J connectivity index is 1.30. The fourth-order valence-corrected chi connectivity index (χ4v) is 3.86. The smallest absolute Gasteiger partial charge is 0.238 e.